The topological polar surface area (TPSA) is 81.7 Å². The Labute approximate surface area is 212 Å². The first kappa shape index (κ1) is 24.1. The van der Waals surface area contributed by atoms with Gasteiger partial charge in [0, 0.05) is 37.4 Å². The zero-order valence-electron chi connectivity index (χ0n) is 20.5. The number of para-hydroxylation sites is 1. The minimum atomic E-state index is -0.682. The summed E-state index contributed by atoms with van der Waals surface area (Å²) in [5, 5.41) is 15.5. The third kappa shape index (κ3) is 5.60. The Morgan fingerprint density at radius 2 is 1.64 bits per heavy atom. The molecule has 1 aliphatic heterocycles. The first-order valence-electron chi connectivity index (χ1n) is 12.9. The van der Waals surface area contributed by atoms with E-state index in [1.807, 2.05) is 35.2 Å². The van der Waals surface area contributed by atoms with Crippen LogP contribution in [0, 0.1) is 5.92 Å². The van der Waals surface area contributed by atoms with E-state index >= 15 is 0 Å². The molecule has 6 heteroatoms. The number of aliphatic carboxylic acids is 1. The second kappa shape index (κ2) is 11.0. The number of nitrogens with zero attached hydrogens (tertiary/aromatic N) is 1. The average Bonchev–Trinajstić information content (AvgIpc) is 3.12. The number of carboxylic acids is 1. The maximum Gasteiger partial charge on any atom is 0.326 e. The number of nitrogens with one attached hydrogen (secondary N) is 2. The third-order valence-corrected chi connectivity index (χ3v) is 7.49. The summed E-state index contributed by atoms with van der Waals surface area (Å²) in [4.78, 5) is 25.9. The summed E-state index contributed by atoms with van der Waals surface area (Å²) in [7, 11) is 0. The highest BCUT2D eigenvalue weighted by molar-refractivity contribution is 6.02. The van der Waals surface area contributed by atoms with E-state index in [0.717, 1.165) is 66.8 Å². The van der Waals surface area contributed by atoms with Crippen molar-refractivity contribution in [2.75, 3.05) is 23.3 Å². The van der Waals surface area contributed by atoms with Gasteiger partial charge in [-0.15, -0.1) is 0 Å². The third-order valence-electron chi connectivity index (χ3n) is 7.49. The molecule has 3 aromatic rings. The number of hydrogen-bond acceptors (Lipinski definition) is 3. The van der Waals surface area contributed by atoms with Gasteiger partial charge in [-0.1, -0.05) is 48.5 Å². The van der Waals surface area contributed by atoms with Crippen molar-refractivity contribution in [3.63, 3.8) is 0 Å². The number of amides is 2. The van der Waals surface area contributed by atoms with Gasteiger partial charge in [0.05, 0.1) is 0 Å². The smallest absolute Gasteiger partial charge is 0.326 e. The van der Waals surface area contributed by atoms with Crippen LogP contribution in [0.3, 0.4) is 0 Å². The van der Waals surface area contributed by atoms with Gasteiger partial charge in [0.1, 0.15) is 0 Å². The molecule has 186 valence electrons. The maximum atomic E-state index is 13.1. The number of urea groups is 1. The molecule has 0 bridgehead atoms. The zero-order valence-corrected chi connectivity index (χ0v) is 20.5. The van der Waals surface area contributed by atoms with Gasteiger partial charge < -0.3 is 15.7 Å². The molecule has 0 unspecified atom stereocenters. The highest BCUT2D eigenvalue weighted by atomic mass is 16.4. The van der Waals surface area contributed by atoms with Crippen molar-refractivity contribution in [1.82, 2.24) is 5.32 Å². The summed E-state index contributed by atoms with van der Waals surface area (Å²) in [6, 6.07) is 24.6. The van der Waals surface area contributed by atoms with Crippen LogP contribution in [-0.2, 0) is 11.3 Å². The fourth-order valence-electron chi connectivity index (χ4n) is 5.52. The van der Waals surface area contributed by atoms with Crippen LogP contribution < -0.4 is 15.5 Å². The molecule has 36 heavy (non-hydrogen) atoms. The number of rotatable bonds is 5. The zero-order chi connectivity index (χ0) is 24.9. The average molecular weight is 484 g/mol. The lowest BCUT2D eigenvalue weighted by Gasteiger charge is -2.28. The number of hydrogen-bond donors (Lipinski definition) is 3. The molecular formula is C30H33N3O3. The highest BCUT2D eigenvalue weighted by Crippen LogP contribution is 2.38. The first-order valence-corrected chi connectivity index (χ1v) is 12.9. The van der Waals surface area contributed by atoms with Gasteiger partial charge in [-0.05, 0) is 84.0 Å². The minimum absolute atomic E-state index is 0.124. The predicted octanol–water partition coefficient (Wildman–Crippen LogP) is 6.24. The number of carbonyl (C=O) groups excluding carboxylic acids is 1. The fraction of sp³-hybridized carbons (Fsp3) is 0.333. The Morgan fingerprint density at radius 1 is 0.917 bits per heavy atom. The van der Waals surface area contributed by atoms with Crippen LogP contribution in [0.4, 0.5) is 16.2 Å². The number of carbonyl (C=O) groups is 2. The fourth-order valence-corrected chi connectivity index (χ4v) is 5.52. The molecule has 1 saturated carbocycles. The maximum absolute atomic E-state index is 13.1. The second-order valence-electron chi connectivity index (χ2n) is 9.91. The minimum Gasteiger partial charge on any atom is -0.481 e. The van der Waals surface area contributed by atoms with Crippen molar-refractivity contribution in [3.8, 4) is 11.1 Å². The molecular weight excluding hydrogens is 450 g/mol. The van der Waals surface area contributed by atoms with Crippen molar-refractivity contribution in [2.45, 2.75) is 44.6 Å². The normalized spacial score (nSPS) is 19.7. The van der Waals surface area contributed by atoms with E-state index in [0.29, 0.717) is 24.8 Å². The van der Waals surface area contributed by atoms with Gasteiger partial charge in [-0.2, -0.15) is 0 Å². The number of benzene rings is 3. The van der Waals surface area contributed by atoms with Crippen LogP contribution >= 0.6 is 0 Å². The van der Waals surface area contributed by atoms with E-state index in [1.165, 1.54) is 5.56 Å². The molecule has 0 spiro atoms. The quantitative estimate of drug-likeness (QED) is 0.401. The molecule has 5 rings (SSSR count). The van der Waals surface area contributed by atoms with Crippen LogP contribution in [0.2, 0.25) is 0 Å². The molecule has 2 aliphatic rings. The van der Waals surface area contributed by atoms with Crippen LogP contribution in [-0.4, -0.2) is 30.2 Å². The standard InChI is InChI=1S/C30H33N3O3/c34-29(35)18-21-6-8-22(9-7-21)23-10-12-24(13-11-23)25-14-15-28-26(19-25)20-31-16-17-33(28)30(36)32-27-4-2-1-3-5-27/h1-5,10-15,19,21-22,31H,6-9,16-18,20H2,(H,32,36)(H,34,35)/t21-,22-. The summed E-state index contributed by atoms with van der Waals surface area (Å²) in [6.07, 6.45) is 4.39. The van der Waals surface area contributed by atoms with E-state index in [2.05, 4.69) is 53.1 Å². The molecule has 1 heterocycles. The van der Waals surface area contributed by atoms with Crippen LogP contribution in [0.1, 0.15) is 49.1 Å². The molecule has 0 aromatic heterocycles. The van der Waals surface area contributed by atoms with Gasteiger partial charge in [0.2, 0.25) is 0 Å². The lowest BCUT2D eigenvalue weighted by molar-refractivity contribution is -0.138. The number of fused-ring (bicyclic) bond motifs is 1. The molecule has 3 N–H and O–H groups in total. The van der Waals surface area contributed by atoms with Gasteiger partial charge >= 0.3 is 12.0 Å². The van der Waals surface area contributed by atoms with E-state index in [9.17, 15) is 9.59 Å². The van der Waals surface area contributed by atoms with E-state index < -0.39 is 5.97 Å². The lowest BCUT2D eigenvalue weighted by Crippen LogP contribution is -2.38. The molecule has 1 fully saturated rings. The summed E-state index contributed by atoms with van der Waals surface area (Å²) >= 11 is 0. The molecule has 0 radical (unpaired) electrons. The molecule has 6 nitrogen and oxygen atoms in total. The summed E-state index contributed by atoms with van der Waals surface area (Å²) < 4.78 is 0. The van der Waals surface area contributed by atoms with Crippen LogP contribution in [0.25, 0.3) is 11.1 Å². The Kier molecular flexibility index (Phi) is 7.33. The monoisotopic (exact) mass is 483 g/mol. The van der Waals surface area contributed by atoms with Gasteiger partial charge in [-0.25, -0.2) is 4.79 Å². The van der Waals surface area contributed by atoms with Gasteiger partial charge in [0.25, 0.3) is 0 Å². The molecule has 0 saturated heterocycles. The van der Waals surface area contributed by atoms with E-state index in [4.69, 9.17) is 5.11 Å². The largest absolute Gasteiger partial charge is 0.481 e. The van der Waals surface area contributed by atoms with Crippen molar-refractivity contribution in [2.24, 2.45) is 5.92 Å². The Morgan fingerprint density at radius 3 is 2.36 bits per heavy atom. The molecule has 3 aromatic carbocycles. The Balaban J connectivity index is 1.29. The number of carboxylic acid groups (broad SMARTS) is 1. The Hall–Kier alpha value is -3.64. The van der Waals surface area contributed by atoms with Gasteiger partial charge in [-0.3, -0.25) is 9.69 Å². The highest BCUT2D eigenvalue weighted by Gasteiger charge is 2.24. The van der Waals surface area contributed by atoms with Gasteiger partial charge in [0.15, 0.2) is 0 Å². The Bertz CT molecular complexity index is 1200. The molecule has 2 amide bonds. The summed E-state index contributed by atoms with van der Waals surface area (Å²) in [5.74, 6) is 0.149. The molecule has 0 atom stereocenters. The van der Waals surface area contributed by atoms with Crippen molar-refractivity contribution in [1.29, 1.82) is 0 Å². The van der Waals surface area contributed by atoms with Crippen LogP contribution in [0.5, 0.6) is 0 Å². The van der Waals surface area contributed by atoms with Crippen LogP contribution in [0.15, 0.2) is 72.8 Å². The first-order chi connectivity index (χ1) is 17.6. The lowest BCUT2D eigenvalue weighted by atomic mass is 9.77. The van der Waals surface area contributed by atoms with E-state index in [1.54, 1.807) is 0 Å². The second-order valence-corrected chi connectivity index (χ2v) is 9.91. The molecule has 1 aliphatic carbocycles. The van der Waals surface area contributed by atoms with Crippen molar-refractivity contribution < 1.29 is 14.7 Å². The number of anilines is 2. The van der Waals surface area contributed by atoms with Crippen molar-refractivity contribution in [3.05, 3.63) is 83.9 Å². The van der Waals surface area contributed by atoms with Crippen molar-refractivity contribution >= 4 is 23.4 Å². The SMILES string of the molecule is O=C(O)C[C@H]1CC[C@H](c2ccc(-c3ccc4c(c3)CNCCN4C(=O)Nc3ccccc3)cc2)CC1. The summed E-state index contributed by atoms with van der Waals surface area (Å²) in [6.45, 7) is 2.06. The predicted molar refractivity (Wildman–Crippen MR) is 143 cm³/mol. The van der Waals surface area contributed by atoms with E-state index in [-0.39, 0.29) is 6.03 Å². The summed E-state index contributed by atoms with van der Waals surface area (Å²) in [5.41, 5.74) is 6.46.